The van der Waals surface area contributed by atoms with Gasteiger partial charge in [-0.3, -0.25) is 0 Å². The molecule has 0 bridgehead atoms. The van der Waals surface area contributed by atoms with E-state index in [2.05, 4.69) is 266 Å². The van der Waals surface area contributed by atoms with Crippen LogP contribution < -0.4 is 4.90 Å². The van der Waals surface area contributed by atoms with Crippen LogP contribution in [0.25, 0.3) is 33.4 Å². The SMILES string of the molecule is C1=CCC=CC(C2=CC=C(C3(c4ccc(-c5ccccc5)cc4)c4ccccc4-c4ccc(N(C5=CCC(c6ccccc6)=CC=C5)c5cccc(C6=CCC=CC=C6)c5)cc43)CC=C2)=C1. The van der Waals surface area contributed by atoms with Gasteiger partial charge in [-0.15, -0.1) is 0 Å². The number of hydrogen-bond donors (Lipinski definition) is 0. The molecule has 0 saturated carbocycles. The number of hydrogen-bond acceptors (Lipinski definition) is 1. The third-order valence-electron chi connectivity index (χ3n) is 13.5. The Kier molecular flexibility index (Phi) is 11.3. The molecule has 66 heavy (non-hydrogen) atoms. The lowest BCUT2D eigenvalue weighted by atomic mass is 9.66. The lowest BCUT2D eigenvalue weighted by Crippen LogP contribution is -2.30. The second kappa shape index (κ2) is 18.2. The van der Waals surface area contributed by atoms with Crippen LogP contribution in [0.15, 0.2) is 283 Å². The molecule has 0 fully saturated rings. The average molecular weight is 846 g/mol. The van der Waals surface area contributed by atoms with Crippen molar-refractivity contribution in [3.8, 4) is 22.3 Å². The average Bonchev–Trinajstić information content (AvgIpc) is 3.91. The van der Waals surface area contributed by atoms with Crippen molar-refractivity contribution in [3.05, 3.63) is 311 Å². The van der Waals surface area contributed by atoms with Gasteiger partial charge in [0.2, 0.25) is 0 Å². The Balaban J connectivity index is 1.12. The quantitative estimate of drug-likeness (QED) is 0.140. The summed E-state index contributed by atoms with van der Waals surface area (Å²) in [5, 5.41) is 0. The van der Waals surface area contributed by atoms with Gasteiger partial charge in [-0.1, -0.05) is 231 Å². The summed E-state index contributed by atoms with van der Waals surface area (Å²) in [4.78, 5) is 2.48. The Morgan fingerprint density at radius 3 is 2.00 bits per heavy atom. The summed E-state index contributed by atoms with van der Waals surface area (Å²) >= 11 is 0. The van der Waals surface area contributed by atoms with Crippen LogP contribution in [0.3, 0.4) is 0 Å². The molecule has 0 saturated heterocycles. The predicted octanol–water partition coefficient (Wildman–Crippen LogP) is 16.9. The number of nitrogens with zero attached hydrogens (tertiary/aromatic N) is 1. The lowest BCUT2D eigenvalue weighted by molar-refractivity contribution is 0.727. The van der Waals surface area contributed by atoms with E-state index < -0.39 is 5.41 Å². The maximum Gasteiger partial charge on any atom is 0.0680 e. The van der Waals surface area contributed by atoms with E-state index in [0.29, 0.717) is 0 Å². The van der Waals surface area contributed by atoms with Crippen LogP contribution in [0.4, 0.5) is 11.4 Å². The molecule has 316 valence electrons. The number of rotatable bonds is 9. The van der Waals surface area contributed by atoms with E-state index in [0.717, 1.165) is 42.8 Å². The minimum Gasteiger partial charge on any atom is -0.311 e. The van der Waals surface area contributed by atoms with Crippen LogP contribution in [-0.2, 0) is 5.41 Å². The van der Waals surface area contributed by atoms with Crippen LogP contribution in [0, 0.1) is 0 Å². The first kappa shape index (κ1) is 40.8. The zero-order valence-electron chi connectivity index (χ0n) is 37.1. The van der Waals surface area contributed by atoms with E-state index >= 15 is 0 Å². The molecular formula is C65H51N. The molecular weight excluding hydrogens is 795 g/mol. The summed E-state index contributed by atoms with van der Waals surface area (Å²) < 4.78 is 0. The molecule has 0 radical (unpaired) electrons. The van der Waals surface area contributed by atoms with Crippen molar-refractivity contribution >= 4 is 22.5 Å². The van der Waals surface area contributed by atoms with Crippen molar-refractivity contribution in [2.24, 2.45) is 0 Å². The molecule has 1 unspecified atom stereocenters. The summed E-state index contributed by atoms with van der Waals surface area (Å²) in [7, 11) is 0. The number of anilines is 2. The van der Waals surface area contributed by atoms with Crippen molar-refractivity contribution in [3.63, 3.8) is 0 Å². The zero-order valence-corrected chi connectivity index (χ0v) is 37.1. The Hall–Kier alpha value is -8.00. The minimum atomic E-state index is -0.576. The smallest absolute Gasteiger partial charge is 0.0680 e. The van der Waals surface area contributed by atoms with Gasteiger partial charge in [-0.2, -0.15) is 0 Å². The molecule has 0 aliphatic heterocycles. The number of benzene rings is 6. The Labute approximate surface area is 390 Å². The van der Waals surface area contributed by atoms with Gasteiger partial charge < -0.3 is 4.90 Å². The van der Waals surface area contributed by atoms with Gasteiger partial charge >= 0.3 is 0 Å². The van der Waals surface area contributed by atoms with Gasteiger partial charge in [-0.25, -0.2) is 0 Å². The Morgan fingerprint density at radius 1 is 0.394 bits per heavy atom. The summed E-state index contributed by atoms with van der Waals surface area (Å²) in [6.45, 7) is 0. The molecule has 11 rings (SSSR count). The van der Waals surface area contributed by atoms with Gasteiger partial charge in [0.05, 0.1) is 5.41 Å². The summed E-state index contributed by atoms with van der Waals surface area (Å²) in [6.07, 6.45) is 44.3. The second-order valence-corrected chi connectivity index (χ2v) is 17.4. The van der Waals surface area contributed by atoms with E-state index in [9.17, 15) is 0 Å². The van der Waals surface area contributed by atoms with Crippen LogP contribution >= 0.6 is 0 Å². The third-order valence-corrected chi connectivity index (χ3v) is 13.5. The Bertz CT molecular complexity index is 3200. The van der Waals surface area contributed by atoms with Gasteiger partial charge in [-0.05, 0) is 134 Å². The molecule has 0 heterocycles. The third kappa shape index (κ3) is 7.73. The molecule has 6 aromatic rings. The first-order chi connectivity index (χ1) is 32.7. The maximum absolute atomic E-state index is 2.51. The largest absolute Gasteiger partial charge is 0.311 e. The number of fused-ring (bicyclic) bond motifs is 3. The zero-order chi connectivity index (χ0) is 44.1. The lowest BCUT2D eigenvalue weighted by Gasteiger charge is -2.36. The molecule has 1 atom stereocenters. The second-order valence-electron chi connectivity index (χ2n) is 17.4. The highest BCUT2D eigenvalue weighted by Gasteiger charge is 2.47. The van der Waals surface area contributed by atoms with E-state index in [1.165, 1.54) is 77.9 Å². The van der Waals surface area contributed by atoms with Crippen LogP contribution in [0.2, 0.25) is 0 Å². The predicted molar refractivity (Wildman–Crippen MR) is 280 cm³/mol. The van der Waals surface area contributed by atoms with Crippen molar-refractivity contribution in [2.75, 3.05) is 4.90 Å². The molecule has 0 N–H and O–H groups in total. The van der Waals surface area contributed by atoms with Gasteiger partial charge in [0.15, 0.2) is 0 Å². The van der Waals surface area contributed by atoms with Crippen LogP contribution in [-0.4, -0.2) is 0 Å². The minimum absolute atomic E-state index is 0.576. The van der Waals surface area contributed by atoms with Crippen molar-refractivity contribution in [1.29, 1.82) is 0 Å². The molecule has 5 aliphatic carbocycles. The number of allylic oxidation sites excluding steroid dienone is 23. The molecule has 1 heteroatoms. The first-order valence-corrected chi connectivity index (χ1v) is 23.3. The molecule has 1 nitrogen and oxygen atoms in total. The van der Waals surface area contributed by atoms with Crippen molar-refractivity contribution in [2.45, 2.75) is 31.1 Å². The molecule has 6 aromatic carbocycles. The Morgan fingerprint density at radius 2 is 1.12 bits per heavy atom. The highest BCUT2D eigenvalue weighted by Crippen LogP contribution is 2.58. The van der Waals surface area contributed by atoms with E-state index in [4.69, 9.17) is 0 Å². The highest BCUT2D eigenvalue weighted by atomic mass is 15.1. The molecule has 0 spiro atoms. The fourth-order valence-electron chi connectivity index (χ4n) is 10.4. The standard InChI is InChI=1S/C65H51N/c1-2-8-21-48(20-7-1)52-28-17-31-56(40-36-52)65(57-41-37-54(38-42-57)50-24-13-6-14-25-50)63-35-16-15-34-61(63)62-45-44-60(47-64(62)65)66(58-32-18-29-53(39-43-58)49-22-11-5-12-23-49)59-33-19-30-55(46-59)51-26-9-3-4-10-27-51/h1,3-9,11-30,32-38,40-47H,2,10,31,39H2. The molecule has 0 amide bonds. The molecule has 0 aromatic heterocycles. The van der Waals surface area contributed by atoms with Gasteiger partial charge in [0.1, 0.15) is 0 Å². The topological polar surface area (TPSA) is 3.24 Å². The van der Waals surface area contributed by atoms with Crippen LogP contribution in [0.1, 0.15) is 53.5 Å². The summed E-state index contributed by atoms with van der Waals surface area (Å²) in [5.41, 5.74) is 20.4. The van der Waals surface area contributed by atoms with Crippen molar-refractivity contribution < 1.29 is 0 Å². The monoisotopic (exact) mass is 845 g/mol. The molecule has 5 aliphatic rings. The summed E-state index contributed by atoms with van der Waals surface area (Å²) in [6, 6.07) is 56.4. The van der Waals surface area contributed by atoms with Gasteiger partial charge in [0, 0.05) is 17.1 Å². The maximum atomic E-state index is 2.51. The van der Waals surface area contributed by atoms with Gasteiger partial charge in [0.25, 0.3) is 0 Å². The van der Waals surface area contributed by atoms with Crippen LogP contribution in [0.5, 0.6) is 0 Å². The fraction of sp³-hybridized carbons (Fsp3) is 0.0769. The van der Waals surface area contributed by atoms with E-state index in [1.807, 2.05) is 0 Å². The van der Waals surface area contributed by atoms with E-state index in [-0.39, 0.29) is 0 Å². The first-order valence-electron chi connectivity index (χ1n) is 23.3. The highest BCUT2D eigenvalue weighted by molar-refractivity contribution is 5.90. The fourth-order valence-corrected chi connectivity index (χ4v) is 10.4. The normalized spacial score (nSPS) is 18.3. The van der Waals surface area contributed by atoms with E-state index in [1.54, 1.807) is 0 Å². The summed E-state index contributed by atoms with van der Waals surface area (Å²) in [5.74, 6) is 0. The van der Waals surface area contributed by atoms with Crippen molar-refractivity contribution in [1.82, 2.24) is 0 Å².